The summed E-state index contributed by atoms with van der Waals surface area (Å²) in [6.07, 6.45) is 6.37. The summed E-state index contributed by atoms with van der Waals surface area (Å²) in [5.41, 5.74) is 1.32. The zero-order chi connectivity index (χ0) is 22.7. The van der Waals surface area contributed by atoms with Gasteiger partial charge in [0.05, 0.1) is 23.8 Å². The van der Waals surface area contributed by atoms with Crippen molar-refractivity contribution in [1.82, 2.24) is 29.8 Å². The number of aromatic nitrogens is 5. The molecule has 4 heterocycles. The first-order chi connectivity index (χ1) is 15.4. The highest BCUT2D eigenvalue weighted by atomic mass is 19.3. The molecule has 1 aliphatic heterocycles. The van der Waals surface area contributed by atoms with E-state index in [0.717, 1.165) is 19.0 Å². The van der Waals surface area contributed by atoms with Crippen molar-refractivity contribution in [3.8, 4) is 11.4 Å². The summed E-state index contributed by atoms with van der Waals surface area (Å²) < 4.78 is 26.1. The number of nitrogens with zero attached hydrogens (tertiary/aromatic N) is 6. The second-order valence-electron chi connectivity index (χ2n) is 7.81. The molecule has 1 N–H and O–H groups in total. The highest BCUT2D eigenvalue weighted by molar-refractivity contribution is 5.73. The zero-order valence-corrected chi connectivity index (χ0v) is 17.7. The fourth-order valence-electron chi connectivity index (χ4n) is 3.82. The maximum Gasteiger partial charge on any atom is 0.265 e. The second-order valence-corrected chi connectivity index (χ2v) is 7.81. The number of hydrogen-bond donors (Lipinski definition) is 1. The van der Waals surface area contributed by atoms with E-state index in [-0.39, 0.29) is 23.4 Å². The molecule has 0 saturated carbocycles. The van der Waals surface area contributed by atoms with Crippen LogP contribution in [0.2, 0.25) is 0 Å². The minimum absolute atomic E-state index is 0.0144. The first-order valence-electron chi connectivity index (χ1n) is 10.3. The van der Waals surface area contributed by atoms with Gasteiger partial charge in [-0.3, -0.25) is 19.7 Å². The van der Waals surface area contributed by atoms with Crippen LogP contribution < -0.4 is 5.32 Å². The van der Waals surface area contributed by atoms with Gasteiger partial charge in [0.25, 0.3) is 6.43 Å². The van der Waals surface area contributed by atoms with Gasteiger partial charge < -0.3 is 10.2 Å². The van der Waals surface area contributed by atoms with Crippen LogP contribution >= 0.6 is 0 Å². The lowest BCUT2D eigenvalue weighted by Crippen LogP contribution is -2.44. The van der Waals surface area contributed by atoms with Gasteiger partial charge in [-0.25, -0.2) is 18.7 Å². The molecule has 0 radical (unpaired) electrons. The Hall–Kier alpha value is -3.56. The molecule has 1 amide bonds. The number of anilines is 2. The third-order valence-corrected chi connectivity index (χ3v) is 5.50. The Morgan fingerprint density at radius 1 is 1.09 bits per heavy atom. The lowest BCUT2D eigenvalue weighted by molar-refractivity contribution is -0.132. The van der Waals surface area contributed by atoms with Gasteiger partial charge in [0.2, 0.25) is 5.91 Å². The van der Waals surface area contributed by atoms with E-state index >= 15 is 0 Å². The van der Waals surface area contributed by atoms with Crippen LogP contribution in [0.15, 0.2) is 43.1 Å². The van der Waals surface area contributed by atoms with E-state index in [2.05, 4.69) is 25.3 Å². The topological polar surface area (TPSA) is 96.8 Å². The van der Waals surface area contributed by atoms with Crippen LogP contribution in [0.3, 0.4) is 0 Å². The standard InChI is InChI=1S/C22H23F2N7O/c1-13-3-4-15(12-31(13)14(2)32)22-29-18(19-11-25-5-6-27-19)8-20(30-22)28-17-7-16(21(23)24)9-26-10-17/h5-11,13,15,21H,3-4,12H2,1-2H3,(H,28,29,30)/t13-,15+/m0/s1. The van der Waals surface area contributed by atoms with Crippen molar-refractivity contribution in [3.63, 3.8) is 0 Å². The van der Waals surface area contributed by atoms with Crippen LogP contribution in [0.4, 0.5) is 20.3 Å². The number of pyridine rings is 1. The number of hydrogen-bond acceptors (Lipinski definition) is 7. The van der Waals surface area contributed by atoms with Gasteiger partial charge in [-0.2, -0.15) is 0 Å². The molecule has 1 saturated heterocycles. The number of alkyl halides is 2. The maximum atomic E-state index is 13.1. The molecule has 4 rings (SSSR count). The number of piperidine rings is 1. The van der Waals surface area contributed by atoms with E-state index in [9.17, 15) is 13.6 Å². The Morgan fingerprint density at radius 2 is 1.94 bits per heavy atom. The summed E-state index contributed by atoms with van der Waals surface area (Å²) in [6.45, 7) is 4.11. The van der Waals surface area contributed by atoms with Crippen molar-refractivity contribution < 1.29 is 13.6 Å². The number of rotatable bonds is 5. The Morgan fingerprint density at radius 3 is 2.66 bits per heavy atom. The van der Waals surface area contributed by atoms with Crippen LogP contribution in [0.5, 0.6) is 0 Å². The van der Waals surface area contributed by atoms with Gasteiger partial charge in [-0.1, -0.05) is 0 Å². The minimum Gasteiger partial charge on any atom is -0.340 e. The fraction of sp³-hybridized carbons (Fsp3) is 0.364. The average molecular weight is 439 g/mol. The summed E-state index contributed by atoms with van der Waals surface area (Å²) in [4.78, 5) is 35.5. The molecule has 3 aromatic rings. The van der Waals surface area contributed by atoms with Crippen molar-refractivity contribution >= 4 is 17.4 Å². The van der Waals surface area contributed by atoms with Gasteiger partial charge >= 0.3 is 0 Å². The third kappa shape index (κ3) is 4.84. The highest BCUT2D eigenvalue weighted by Gasteiger charge is 2.30. The highest BCUT2D eigenvalue weighted by Crippen LogP contribution is 2.31. The molecule has 3 aromatic heterocycles. The van der Waals surface area contributed by atoms with Gasteiger partial charge in [-0.05, 0) is 25.8 Å². The molecule has 2 atom stereocenters. The molecule has 166 valence electrons. The van der Waals surface area contributed by atoms with Crippen molar-refractivity contribution in [1.29, 1.82) is 0 Å². The molecule has 0 unspecified atom stereocenters. The third-order valence-electron chi connectivity index (χ3n) is 5.50. The molecule has 10 heteroatoms. The first-order valence-corrected chi connectivity index (χ1v) is 10.3. The van der Waals surface area contributed by atoms with Crippen LogP contribution in [-0.4, -0.2) is 48.3 Å². The van der Waals surface area contributed by atoms with E-state index in [1.807, 2.05) is 11.8 Å². The molecule has 0 bridgehead atoms. The van der Waals surface area contributed by atoms with E-state index in [4.69, 9.17) is 4.98 Å². The largest absolute Gasteiger partial charge is 0.340 e. The lowest BCUT2D eigenvalue weighted by Gasteiger charge is -2.37. The Bertz CT molecular complexity index is 1100. The number of amides is 1. The summed E-state index contributed by atoms with van der Waals surface area (Å²) in [5.74, 6) is 0.946. The first kappa shape index (κ1) is 21.7. The summed E-state index contributed by atoms with van der Waals surface area (Å²) in [5, 5.41) is 3.06. The Labute approximate surface area is 184 Å². The van der Waals surface area contributed by atoms with E-state index < -0.39 is 6.43 Å². The van der Waals surface area contributed by atoms with Crippen molar-refractivity contribution in [2.24, 2.45) is 0 Å². The predicted octanol–water partition coefficient (Wildman–Crippen LogP) is 4.12. The summed E-state index contributed by atoms with van der Waals surface area (Å²) in [6, 6.07) is 3.19. The second kappa shape index (κ2) is 9.29. The molecule has 0 aromatic carbocycles. The Balaban J connectivity index is 1.70. The number of carbonyl (C=O) groups is 1. The quantitative estimate of drug-likeness (QED) is 0.639. The monoisotopic (exact) mass is 439 g/mol. The fourth-order valence-corrected chi connectivity index (χ4v) is 3.82. The zero-order valence-electron chi connectivity index (χ0n) is 17.7. The van der Waals surface area contributed by atoms with Crippen LogP contribution in [0.1, 0.15) is 50.4 Å². The normalized spacial score (nSPS) is 18.6. The van der Waals surface area contributed by atoms with E-state index in [1.54, 1.807) is 31.6 Å². The van der Waals surface area contributed by atoms with Crippen molar-refractivity contribution in [2.45, 2.75) is 45.1 Å². The summed E-state index contributed by atoms with van der Waals surface area (Å²) in [7, 11) is 0. The number of nitrogens with one attached hydrogen (secondary N) is 1. The van der Waals surface area contributed by atoms with E-state index in [1.165, 1.54) is 12.3 Å². The minimum atomic E-state index is -2.62. The van der Waals surface area contributed by atoms with E-state index in [0.29, 0.717) is 35.3 Å². The molecular formula is C22H23F2N7O. The van der Waals surface area contributed by atoms with Gasteiger partial charge in [0, 0.05) is 55.6 Å². The molecule has 0 aliphatic carbocycles. The van der Waals surface area contributed by atoms with Gasteiger partial charge in [0.1, 0.15) is 17.3 Å². The molecule has 1 aliphatic rings. The van der Waals surface area contributed by atoms with Gasteiger partial charge in [0.15, 0.2) is 0 Å². The Kier molecular flexibility index (Phi) is 6.29. The van der Waals surface area contributed by atoms with Crippen LogP contribution in [-0.2, 0) is 4.79 Å². The maximum absolute atomic E-state index is 13.1. The predicted molar refractivity (Wildman–Crippen MR) is 114 cm³/mol. The molecule has 32 heavy (non-hydrogen) atoms. The number of likely N-dealkylation sites (tertiary alicyclic amines) is 1. The SMILES string of the molecule is CC(=O)N1C[C@H](c2nc(Nc3cncc(C(F)F)c3)cc(-c3cnccn3)n2)CC[C@@H]1C. The van der Waals surface area contributed by atoms with Crippen LogP contribution in [0, 0.1) is 0 Å². The van der Waals surface area contributed by atoms with Crippen molar-refractivity contribution in [3.05, 3.63) is 54.5 Å². The number of carbonyl (C=O) groups excluding carboxylic acids is 1. The van der Waals surface area contributed by atoms with Gasteiger partial charge in [-0.15, -0.1) is 0 Å². The van der Waals surface area contributed by atoms with Crippen molar-refractivity contribution in [2.75, 3.05) is 11.9 Å². The average Bonchev–Trinajstić information content (AvgIpc) is 2.79. The number of halogens is 2. The lowest BCUT2D eigenvalue weighted by atomic mass is 9.92. The summed E-state index contributed by atoms with van der Waals surface area (Å²) >= 11 is 0. The molecule has 0 spiro atoms. The smallest absolute Gasteiger partial charge is 0.265 e. The molecular weight excluding hydrogens is 416 g/mol. The molecule has 1 fully saturated rings. The molecule has 8 nitrogen and oxygen atoms in total. The van der Waals surface area contributed by atoms with Crippen LogP contribution in [0.25, 0.3) is 11.4 Å².